The summed E-state index contributed by atoms with van der Waals surface area (Å²) in [6.45, 7) is 5.21. The SMILES string of the molecule is CCNCc1cc(OC2COC2)ccn1. The predicted octanol–water partition coefficient (Wildman–Crippen LogP) is 0.969. The van der Waals surface area contributed by atoms with Gasteiger partial charge >= 0.3 is 0 Å². The lowest BCUT2D eigenvalue weighted by Gasteiger charge is -2.26. The van der Waals surface area contributed by atoms with Gasteiger partial charge in [-0.25, -0.2) is 0 Å². The number of aromatic nitrogens is 1. The molecule has 0 saturated carbocycles. The van der Waals surface area contributed by atoms with Crippen LogP contribution in [0.4, 0.5) is 0 Å². The Morgan fingerprint density at radius 1 is 1.60 bits per heavy atom. The molecular weight excluding hydrogens is 192 g/mol. The van der Waals surface area contributed by atoms with Crippen LogP contribution in [0.25, 0.3) is 0 Å². The van der Waals surface area contributed by atoms with Gasteiger partial charge in [0.15, 0.2) is 0 Å². The second-order valence-corrected chi connectivity index (χ2v) is 3.54. The summed E-state index contributed by atoms with van der Waals surface area (Å²) >= 11 is 0. The van der Waals surface area contributed by atoms with Gasteiger partial charge in [0.2, 0.25) is 0 Å². The zero-order chi connectivity index (χ0) is 10.5. The lowest BCUT2D eigenvalue weighted by molar-refractivity contribution is -0.0797. The molecule has 1 aromatic heterocycles. The predicted molar refractivity (Wildman–Crippen MR) is 56.9 cm³/mol. The van der Waals surface area contributed by atoms with Crippen molar-refractivity contribution in [2.45, 2.75) is 19.6 Å². The number of ether oxygens (including phenoxy) is 2. The topological polar surface area (TPSA) is 43.4 Å². The maximum Gasteiger partial charge on any atom is 0.145 e. The molecule has 0 radical (unpaired) electrons. The van der Waals surface area contributed by atoms with Crippen LogP contribution in [-0.4, -0.2) is 30.8 Å². The highest BCUT2D eigenvalue weighted by atomic mass is 16.6. The zero-order valence-electron chi connectivity index (χ0n) is 8.90. The first-order chi connectivity index (χ1) is 7.38. The average molecular weight is 208 g/mol. The Morgan fingerprint density at radius 3 is 3.13 bits per heavy atom. The molecule has 0 atom stereocenters. The van der Waals surface area contributed by atoms with E-state index in [-0.39, 0.29) is 6.10 Å². The molecule has 0 aromatic carbocycles. The molecule has 4 nitrogen and oxygen atoms in total. The third-order valence-electron chi connectivity index (χ3n) is 2.25. The van der Waals surface area contributed by atoms with Gasteiger partial charge in [-0.05, 0) is 12.6 Å². The van der Waals surface area contributed by atoms with E-state index in [2.05, 4.69) is 17.2 Å². The first-order valence-electron chi connectivity index (χ1n) is 5.28. The second-order valence-electron chi connectivity index (χ2n) is 3.54. The molecule has 0 bridgehead atoms. The minimum Gasteiger partial charge on any atom is -0.485 e. The van der Waals surface area contributed by atoms with E-state index < -0.39 is 0 Å². The van der Waals surface area contributed by atoms with Crippen LogP contribution < -0.4 is 10.1 Å². The maximum absolute atomic E-state index is 5.68. The summed E-state index contributed by atoms with van der Waals surface area (Å²) in [5.74, 6) is 0.881. The van der Waals surface area contributed by atoms with Gasteiger partial charge in [0.25, 0.3) is 0 Å². The molecule has 82 valence electrons. The molecule has 2 heterocycles. The first-order valence-corrected chi connectivity index (χ1v) is 5.28. The lowest BCUT2D eigenvalue weighted by atomic mass is 10.3. The van der Waals surface area contributed by atoms with E-state index in [0.717, 1.165) is 24.5 Å². The fraction of sp³-hybridized carbons (Fsp3) is 0.545. The maximum atomic E-state index is 5.68. The molecule has 1 aliphatic heterocycles. The highest BCUT2D eigenvalue weighted by Crippen LogP contribution is 2.16. The van der Waals surface area contributed by atoms with Crippen LogP contribution in [0.5, 0.6) is 5.75 Å². The molecule has 0 amide bonds. The van der Waals surface area contributed by atoms with E-state index in [1.807, 2.05) is 12.1 Å². The lowest BCUT2D eigenvalue weighted by Crippen LogP contribution is -2.38. The smallest absolute Gasteiger partial charge is 0.145 e. The Balaban J connectivity index is 1.92. The molecule has 2 rings (SSSR count). The Morgan fingerprint density at radius 2 is 2.47 bits per heavy atom. The zero-order valence-corrected chi connectivity index (χ0v) is 8.90. The highest BCUT2D eigenvalue weighted by molar-refractivity contribution is 5.23. The Labute approximate surface area is 89.6 Å². The minimum atomic E-state index is 0.222. The Hall–Kier alpha value is -1.13. The summed E-state index contributed by atoms with van der Waals surface area (Å²) in [6, 6.07) is 3.86. The van der Waals surface area contributed by atoms with Crippen molar-refractivity contribution in [1.29, 1.82) is 0 Å². The fourth-order valence-electron chi connectivity index (χ4n) is 1.35. The number of hydrogen-bond donors (Lipinski definition) is 1. The van der Waals surface area contributed by atoms with Crippen LogP contribution in [0.1, 0.15) is 12.6 Å². The molecule has 0 aliphatic carbocycles. The third kappa shape index (κ3) is 2.91. The number of hydrogen-bond acceptors (Lipinski definition) is 4. The summed E-state index contributed by atoms with van der Waals surface area (Å²) in [7, 11) is 0. The van der Waals surface area contributed by atoms with Crippen LogP contribution in [0, 0.1) is 0 Å². The molecule has 0 unspecified atom stereocenters. The van der Waals surface area contributed by atoms with Crippen molar-refractivity contribution in [2.75, 3.05) is 19.8 Å². The van der Waals surface area contributed by atoms with Crippen LogP contribution in [0.15, 0.2) is 18.3 Å². The van der Waals surface area contributed by atoms with Crippen molar-refractivity contribution in [3.63, 3.8) is 0 Å². The molecular formula is C11H16N2O2. The fourth-order valence-corrected chi connectivity index (χ4v) is 1.35. The van der Waals surface area contributed by atoms with Gasteiger partial charge in [-0.2, -0.15) is 0 Å². The van der Waals surface area contributed by atoms with Crippen molar-refractivity contribution in [1.82, 2.24) is 10.3 Å². The van der Waals surface area contributed by atoms with E-state index in [9.17, 15) is 0 Å². The normalized spacial score (nSPS) is 16.1. The van der Waals surface area contributed by atoms with Gasteiger partial charge in [0.1, 0.15) is 11.9 Å². The van der Waals surface area contributed by atoms with Gasteiger partial charge in [-0.15, -0.1) is 0 Å². The molecule has 1 saturated heterocycles. The molecule has 4 heteroatoms. The number of nitrogens with one attached hydrogen (secondary N) is 1. The van der Waals surface area contributed by atoms with Crippen LogP contribution >= 0.6 is 0 Å². The number of nitrogens with zero attached hydrogens (tertiary/aromatic N) is 1. The molecule has 1 fully saturated rings. The van der Waals surface area contributed by atoms with Crippen molar-refractivity contribution >= 4 is 0 Å². The van der Waals surface area contributed by atoms with Crippen LogP contribution in [-0.2, 0) is 11.3 Å². The van der Waals surface area contributed by atoms with Crippen molar-refractivity contribution in [3.8, 4) is 5.75 Å². The summed E-state index contributed by atoms with van der Waals surface area (Å²) in [4.78, 5) is 4.25. The summed E-state index contributed by atoms with van der Waals surface area (Å²) in [5, 5.41) is 3.23. The van der Waals surface area contributed by atoms with E-state index in [4.69, 9.17) is 9.47 Å². The summed E-state index contributed by atoms with van der Waals surface area (Å²) in [5.41, 5.74) is 1.01. The highest BCUT2D eigenvalue weighted by Gasteiger charge is 2.19. The van der Waals surface area contributed by atoms with E-state index in [1.54, 1.807) is 6.20 Å². The quantitative estimate of drug-likeness (QED) is 0.783. The van der Waals surface area contributed by atoms with Crippen LogP contribution in [0.3, 0.4) is 0 Å². The molecule has 15 heavy (non-hydrogen) atoms. The van der Waals surface area contributed by atoms with Gasteiger partial charge in [-0.3, -0.25) is 4.98 Å². The standard InChI is InChI=1S/C11H16N2O2/c1-2-12-6-9-5-10(3-4-13-9)15-11-7-14-8-11/h3-5,11-12H,2,6-8H2,1H3. The summed E-state index contributed by atoms with van der Waals surface area (Å²) in [6.07, 6.45) is 2.00. The summed E-state index contributed by atoms with van der Waals surface area (Å²) < 4.78 is 10.7. The molecule has 1 aliphatic rings. The van der Waals surface area contributed by atoms with E-state index in [1.165, 1.54) is 0 Å². The van der Waals surface area contributed by atoms with Crippen molar-refractivity contribution in [3.05, 3.63) is 24.0 Å². The Kier molecular flexibility index (Phi) is 3.53. The van der Waals surface area contributed by atoms with Crippen LogP contribution in [0.2, 0.25) is 0 Å². The first kappa shape index (κ1) is 10.4. The molecule has 1 N–H and O–H groups in total. The monoisotopic (exact) mass is 208 g/mol. The van der Waals surface area contributed by atoms with E-state index >= 15 is 0 Å². The third-order valence-corrected chi connectivity index (χ3v) is 2.25. The van der Waals surface area contributed by atoms with E-state index in [0.29, 0.717) is 13.2 Å². The van der Waals surface area contributed by atoms with Crippen molar-refractivity contribution in [2.24, 2.45) is 0 Å². The average Bonchev–Trinajstić information content (AvgIpc) is 2.21. The number of rotatable bonds is 5. The van der Waals surface area contributed by atoms with Gasteiger partial charge in [0.05, 0.1) is 18.9 Å². The molecule has 0 spiro atoms. The van der Waals surface area contributed by atoms with Crippen molar-refractivity contribution < 1.29 is 9.47 Å². The minimum absolute atomic E-state index is 0.222. The van der Waals surface area contributed by atoms with Gasteiger partial charge < -0.3 is 14.8 Å². The Bertz CT molecular complexity index is 313. The second kappa shape index (κ2) is 5.09. The number of pyridine rings is 1. The largest absolute Gasteiger partial charge is 0.485 e. The molecule has 1 aromatic rings. The van der Waals surface area contributed by atoms with Gasteiger partial charge in [0, 0.05) is 18.8 Å². The van der Waals surface area contributed by atoms with Gasteiger partial charge in [-0.1, -0.05) is 6.92 Å².